The summed E-state index contributed by atoms with van der Waals surface area (Å²) in [5, 5.41) is 0. The quantitative estimate of drug-likeness (QED) is 0.826. The first-order chi connectivity index (χ1) is 8.36. The molecule has 0 bridgehead atoms. The third kappa shape index (κ3) is 4.08. The van der Waals surface area contributed by atoms with E-state index in [0.717, 1.165) is 24.0 Å². The molecule has 4 nitrogen and oxygen atoms in total. The van der Waals surface area contributed by atoms with Crippen LogP contribution >= 0.6 is 0 Å². The number of nitrogens with two attached hydrogens (primary N) is 1. The molecule has 5 heteroatoms. The lowest BCUT2D eigenvalue weighted by atomic mass is 10.2. The third-order valence-corrected chi connectivity index (χ3v) is 4.57. The third-order valence-electron chi connectivity index (χ3n) is 2.82. The number of rotatable bonds is 6. The average Bonchev–Trinajstić information content (AvgIpc) is 2.25. The zero-order valence-corrected chi connectivity index (χ0v) is 12.0. The molecule has 0 saturated heterocycles. The fourth-order valence-electron chi connectivity index (χ4n) is 1.91. The molecule has 0 aliphatic rings. The SMILES string of the molecule is Cc1ccc(S(=O)(=O)NC(C)CCCN)c(C)c1. The van der Waals surface area contributed by atoms with E-state index in [1.165, 1.54) is 0 Å². The molecule has 0 aliphatic carbocycles. The average molecular weight is 270 g/mol. The van der Waals surface area contributed by atoms with Gasteiger partial charge in [-0.3, -0.25) is 0 Å². The number of aryl methyl sites for hydroxylation is 2. The van der Waals surface area contributed by atoms with E-state index in [1.54, 1.807) is 6.07 Å². The summed E-state index contributed by atoms with van der Waals surface area (Å²) in [6, 6.07) is 5.24. The molecule has 3 N–H and O–H groups in total. The molecule has 0 heterocycles. The minimum absolute atomic E-state index is 0.0979. The van der Waals surface area contributed by atoms with Gasteiger partial charge in [-0.05, 0) is 51.8 Å². The standard InChI is InChI=1S/C13H22N2O2S/c1-10-6-7-13(11(2)9-10)18(16,17)15-12(3)5-4-8-14/h6-7,9,12,15H,4-5,8,14H2,1-3H3. The summed E-state index contributed by atoms with van der Waals surface area (Å²) in [5.74, 6) is 0. The monoisotopic (exact) mass is 270 g/mol. The van der Waals surface area contributed by atoms with Crippen LogP contribution in [0.15, 0.2) is 23.1 Å². The Morgan fingerprint density at radius 2 is 2.00 bits per heavy atom. The maximum Gasteiger partial charge on any atom is 0.241 e. The molecule has 1 aromatic rings. The highest BCUT2D eigenvalue weighted by molar-refractivity contribution is 7.89. The number of hydrogen-bond donors (Lipinski definition) is 2. The zero-order valence-electron chi connectivity index (χ0n) is 11.2. The molecule has 0 fully saturated rings. The molecule has 0 aliphatic heterocycles. The van der Waals surface area contributed by atoms with Crippen molar-refractivity contribution in [3.63, 3.8) is 0 Å². The molecule has 0 spiro atoms. The summed E-state index contributed by atoms with van der Waals surface area (Å²) in [6.07, 6.45) is 1.57. The predicted molar refractivity (Wildman–Crippen MR) is 74.0 cm³/mol. The van der Waals surface area contributed by atoms with Gasteiger partial charge in [-0.2, -0.15) is 0 Å². The topological polar surface area (TPSA) is 72.2 Å². The molecular formula is C13H22N2O2S. The first-order valence-electron chi connectivity index (χ1n) is 6.16. The largest absolute Gasteiger partial charge is 0.330 e. The van der Waals surface area contributed by atoms with E-state index >= 15 is 0 Å². The van der Waals surface area contributed by atoms with Crippen LogP contribution < -0.4 is 10.5 Å². The minimum atomic E-state index is -3.43. The Hall–Kier alpha value is -0.910. The second kappa shape index (κ2) is 6.31. The number of benzene rings is 1. The molecular weight excluding hydrogens is 248 g/mol. The van der Waals surface area contributed by atoms with Gasteiger partial charge in [0.25, 0.3) is 0 Å². The van der Waals surface area contributed by atoms with Crippen molar-refractivity contribution in [2.75, 3.05) is 6.54 Å². The van der Waals surface area contributed by atoms with Gasteiger partial charge in [-0.15, -0.1) is 0 Å². The van der Waals surface area contributed by atoms with Crippen molar-refractivity contribution in [3.8, 4) is 0 Å². The second-order valence-corrected chi connectivity index (χ2v) is 6.40. The van der Waals surface area contributed by atoms with Crippen molar-refractivity contribution in [1.29, 1.82) is 0 Å². The Bertz CT molecular complexity index is 498. The fraction of sp³-hybridized carbons (Fsp3) is 0.538. The number of nitrogens with one attached hydrogen (secondary N) is 1. The summed E-state index contributed by atoms with van der Waals surface area (Å²) in [4.78, 5) is 0.354. The van der Waals surface area contributed by atoms with Crippen LogP contribution in [0.5, 0.6) is 0 Å². The predicted octanol–water partition coefficient (Wildman–Crippen LogP) is 1.71. The lowest BCUT2D eigenvalue weighted by Gasteiger charge is -2.15. The molecule has 18 heavy (non-hydrogen) atoms. The van der Waals surface area contributed by atoms with E-state index in [0.29, 0.717) is 11.4 Å². The van der Waals surface area contributed by atoms with E-state index < -0.39 is 10.0 Å². The van der Waals surface area contributed by atoms with Crippen LogP contribution in [0.4, 0.5) is 0 Å². The maximum absolute atomic E-state index is 12.2. The van der Waals surface area contributed by atoms with Gasteiger partial charge in [0.05, 0.1) is 4.90 Å². The zero-order chi connectivity index (χ0) is 13.8. The highest BCUT2D eigenvalue weighted by Crippen LogP contribution is 2.17. The highest BCUT2D eigenvalue weighted by Gasteiger charge is 2.18. The van der Waals surface area contributed by atoms with Gasteiger partial charge in [0, 0.05) is 6.04 Å². The van der Waals surface area contributed by atoms with Crippen molar-refractivity contribution in [2.24, 2.45) is 5.73 Å². The van der Waals surface area contributed by atoms with Crippen LogP contribution in [0.3, 0.4) is 0 Å². The smallest absolute Gasteiger partial charge is 0.241 e. The Kier molecular flexibility index (Phi) is 5.31. The molecule has 0 saturated carbocycles. The van der Waals surface area contributed by atoms with Gasteiger partial charge < -0.3 is 5.73 Å². The van der Waals surface area contributed by atoms with Crippen LogP contribution in [0.25, 0.3) is 0 Å². The van der Waals surface area contributed by atoms with Gasteiger partial charge in [-0.25, -0.2) is 13.1 Å². The molecule has 0 amide bonds. The van der Waals surface area contributed by atoms with Gasteiger partial charge in [0.15, 0.2) is 0 Å². The minimum Gasteiger partial charge on any atom is -0.330 e. The molecule has 1 atom stereocenters. The molecule has 1 unspecified atom stereocenters. The normalized spacial score (nSPS) is 13.6. The van der Waals surface area contributed by atoms with Gasteiger partial charge in [0.2, 0.25) is 10.0 Å². The summed E-state index contributed by atoms with van der Waals surface area (Å²) in [6.45, 7) is 6.19. The Labute approximate surface area is 110 Å². The van der Waals surface area contributed by atoms with Crippen LogP contribution in [-0.2, 0) is 10.0 Å². The van der Waals surface area contributed by atoms with E-state index in [1.807, 2.05) is 32.9 Å². The summed E-state index contributed by atoms with van der Waals surface area (Å²) in [5.41, 5.74) is 7.24. The van der Waals surface area contributed by atoms with Crippen molar-refractivity contribution >= 4 is 10.0 Å². The molecule has 102 valence electrons. The van der Waals surface area contributed by atoms with Crippen LogP contribution in [0.1, 0.15) is 30.9 Å². The van der Waals surface area contributed by atoms with Gasteiger partial charge in [0.1, 0.15) is 0 Å². The second-order valence-electron chi connectivity index (χ2n) is 4.72. The van der Waals surface area contributed by atoms with Crippen molar-refractivity contribution in [3.05, 3.63) is 29.3 Å². The Morgan fingerprint density at radius 3 is 2.56 bits per heavy atom. The summed E-state index contributed by atoms with van der Waals surface area (Å²) < 4.78 is 27.1. The Morgan fingerprint density at radius 1 is 1.33 bits per heavy atom. The lowest BCUT2D eigenvalue weighted by molar-refractivity contribution is 0.538. The van der Waals surface area contributed by atoms with Crippen LogP contribution in [0, 0.1) is 13.8 Å². The van der Waals surface area contributed by atoms with Crippen LogP contribution in [-0.4, -0.2) is 21.0 Å². The summed E-state index contributed by atoms with van der Waals surface area (Å²) >= 11 is 0. The first-order valence-corrected chi connectivity index (χ1v) is 7.65. The highest BCUT2D eigenvalue weighted by atomic mass is 32.2. The number of hydrogen-bond acceptors (Lipinski definition) is 3. The van der Waals surface area contributed by atoms with Gasteiger partial charge >= 0.3 is 0 Å². The van der Waals surface area contributed by atoms with Crippen molar-refractivity contribution in [1.82, 2.24) is 4.72 Å². The van der Waals surface area contributed by atoms with Crippen LogP contribution in [0.2, 0.25) is 0 Å². The van der Waals surface area contributed by atoms with Gasteiger partial charge in [-0.1, -0.05) is 17.7 Å². The number of sulfonamides is 1. The first kappa shape index (κ1) is 15.1. The molecule has 1 aromatic carbocycles. The lowest BCUT2D eigenvalue weighted by Crippen LogP contribution is -2.33. The van der Waals surface area contributed by atoms with E-state index in [-0.39, 0.29) is 6.04 Å². The maximum atomic E-state index is 12.2. The Balaban J connectivity index is 2.86. The molecule has 0 aromatic heterocycles. The molecule has 0 radical (unpaired) electrons. The summed E-state index contributed by atoms with van der Waals surface area (Å²) in [7, 11) is -3.43. The fourth-order valence-corrected chi connectivity index (χ4v) is 3.42. The van der Waals surface area contributed by atoms with Crippen molar-refractivity contribution in [2.45, 2.75) is 44.6 Å². The van der Waals surface area contributed by atoms with E-state index in [2.05, 4.69) is 4.72 Å². The van der Waals surface area contributed by atoms with E-state index in [9.17, 15) is 8.42 Å². The van der Waals surface area contributed by atoms with Crippen molar-refractivity contribution < 1.29 is 8.42 Å². The molecule has 1 rings (SSSR count). The van der Waals surface area contributed by atoms with E-state index in [4.69, 9.17) is 5.73 Å².